The number of alkyl halides is 3. The zero-order chi connectivity index (χ0) is 36.7. The highest BCUT2D eigenvalue weighted by Gasteiger charge is 2.38. The standard InChI is InChI=1S/C18H22F3N3O4.C16H23N3O3/c1-2-23(17(27)24-7-9-28-10-8-24)12-13-3-5-14(6-4-13)15(25)11-22-16(26)18(19,20)21;1-2-18(16(21)19-7-9-22-10-8-19)12-13-3-5-14(6-4-13)15(20)11-17/h3-6H,2,7-12H2,1H3,(H,22,26);3-6H,2,7-12,17H2,1H3. The van der Waals surface area contributed by atoms with E-state index in [1.165, 1.54) is 12.1 Å². The van der Waals surface area contributed by atoms with Crippen molar-refractivity contribution in [1.29, 1.82) is 0 Å². The quantitative estimate of drug-likeness (QED) is 0.338. The Morgan fingerprint density at radius 2 is 1.08 bits per heavy atom. The molecule has 0 atom stereocenters. The second-order valence-corrected chi connectivity index (χ2v) is 11.4. The molecule has 3 N–H and O–H groups in total. The monoisotopic (exact) mass is 706 g/mol. The maximum atomic E-state index is 12.5. The molecule has 274 valence electrons. The van der Waals surface area contributed by atoms with Gasteiger partial charge in [0.2, 0.25) is 0 Å². The van der Waals surface area contributed by atoms with Crippen molar-refractivity contribution >= 4 is 29.5 Å². The number of ketones is 2. The lowest BCUT2D eigenvalue weighted by atomic mass is 10.1. The summed E-state index contributed by atoms with van der Waals surface area (Å²) < 4.78 is 46.9. The van der Waals surface area contributed by atoms with Gasteiger partial charge in [-0.25, -0.2) is 9.59 Å². The largest absolute Gasteiger partial charge is 0.471 e. The summed E-state index contributed by atoms with van der Waals surface area (Å²) in [6.45, 7) is 9.65. The van der Waals surface area contributed by atoms with Gasteiger partial charge < -0.3 is 40.1 Å². The molecule has 0 radical (unpaired) electrons. The summed E-state index contributed by atoms with van der Waals surface area (Å²) in [5, 5.41) is 1.55. The van der Waals surface area contributed by atoms with Crippen LogP contribution in [0, 0.1) is 0 Å². The Kier molecular flexibility index (Phi) is 15.6. The molecule has 4 rings (SSSR count). The van der Waals surface area contributed by atoms with E-state index < -0.39 is 24.4 Å². The number of carbonyl (C=O) groups is 5. The molecule has 50 heavy (non-hydrogen) atoms. The lowest BCUT2D eigenvalue weighted by Gasteiger charge is -2.32. The molecule has 0 spiro atoms. The third-order valence-corrected chi connectivity index (χ3v) is 8.02. The predicted molar refractivity (Wildman–Crippen MR) is 177 cm³/mol. The van der Waals surface area contributed by atoms with Crippen molar-refractivity contribution in [2.24, 2.45) is 5.73 Å². The van der Waals surface area contributed by atoms with Crippen molar-refractivity contribution in [3.8, 4) is 0 Å². The van der Waals surface area contributed by atoms with Gasteiger partial charge in [-0.05, 0) is 25.0 Å². The molecule has 16 heteroatoms. The molecule has 5 amide bonds. The van der Waals surface area contributed by atoms with Crippen LogP contribution in [0.3, 0.4) is 0 Å². The van der Waals surface area contributed by atoms with E-state index in [0.717, 1.165) is 11.1 Å². The predicted octanol–water partition coefficient (Wildman–Crippen LogP) is 2.92. The summed E-state index contributed by atoms with van der Waals surface area (Å²) in [5.41, 5.74) is 7.90. The van der Waals surface area contributed by atoms with E-state index in [-0.39, 0.29) is 30.0 Å². The van der Waals surface area contributed by atoms with Crippen LogP contribution in [0.1, 0.15) is 45.7 Å². The first kappa shape index (κ1) is 39.9. The number of benzene rings is 2. The minimum atomic E-state index is -5.03. The molecule has 0 aromatic heterocycles. The molecule has 2 saturated heterocycles. The molecule has 0 aliphatic carbocycles. The summed E-state index contributed by atoms with van der Waals surface area (Å²) in [7, 11) is 0. The number of halogens is 3. The average molecular weight is 707 g/mol. The lowest BCUT2D eigenvalue weighted by Crippen LogP contribution is -2.47. The number of morpholine rings is 2. The number of amides is 5. The van der Waals surface area contributed by atoms with Gasteiger partial charge in [0.15, 0.2) is 11.6 Å². The molecule has 0 bridgehead atoms. The van der Waals surface area contributed by atoms with Crippen molar-refractivity contribution in [2.75, 3.05) is 78.8 Å². The number of carbonyl (C=O) groups excluding carboxylic acids is 5. The highest BCUT2D eigenvalue weighted by atomic mass is 19.4. The minimum Gasteiger partial charge on any atom is -0.378 e. The Hall–Kier alpha value is -4.54. The average Bonchev–Trinajstić information content (AvgIpc) is 3.15. The second-order valence-electron chi connectivity index (χ2n) is 11.4. The Balaban J connectivity index is 0.000000278. The number of nitrogens with zero attached hydrogens (tertiary/aromatic N) is 4. The van der Waals surface area contributed by atoms with Crippen LogP contribution in [0.5, 0.6) is 0 Å². The fraction of sp³-hybridized carbons (Fsp3) is 0.500. The molecule has 13 nitrogen and oxygen atoms in total. The highest BCUT2D eigenvalue weighted by molar-refractivity contribution is 6.00. The molecule has 0 unspecified atom stereocenters. The molecule has 0 saturated carbocycles. The number of rotatable bonds is 11. The van der Waals surface area contributed by atoms with Crippen molar-refractivity contribution in [3.63, 3.8) is 0 Å². The summed E-state index contributed by atoms with van der Waals surface area (Å²) in [5.74, 6) is -2.87. The van der Waals surface area contributed by atoms with Crippen LogP contribution in [0.25, 0.3) is 0 Å². The molecule has 2 heterocycles. The van der Waals surface area contributed by atoms with Gasteiger partial charge in [0.05, 0.1) is 39.5 Å². The molecule has 2 aliphatic rings. The number of hydrogen-bond acceptors (Lipinski definition) is 8. The second kappa shape index (κ2) is 19.6. The van der Waals surface area contributed by atoms with Crippen LogP contribution < -0.4 is 11.1 Å². The van der Waals surface area contributed by atoms with Gasteiger partial charge in [-0.15, -0.1) is 0 Å². The van der Waals surface area contributed by atoms with Gasteiger partial charge in [-0.1, -0.05) is 48.5 Å². The summed E-state index contributed by atoms with van der Waals surface area (Å²) in [4.78, 5) is 66.2. The Morgan fingerprint density at radius 3 is 1.42 bits per heavy atom. The molecule has 2 aromatic carbocycles. The van der Waals surface area contributed by atoms with Gasteiger partial charge in [-0.3, -0.25) is 14.4 Å². The van der Waals surface area contributed by atoms with Crippen LogP contribution in [-0.2, 0) is 27.4 Å². The van der Waals surface area contributed by atoms with Crippen LogP contribution in [-0.4, -0.2) is 134 Å². The number of urea groups is 2. The van der Waals surface area contributed by atoms with Crippen LogP contribution in [0.4, 0.5) is 22.8 Å². The Bertz CT molecular complexity index is 1430. The first-order chi connectivity index (χ1) is 23.9. The first-order valence-corrected chi connectivity index (χ1v) is 16.4. The zero-order valence-corrected chi connectivity index (χ0v) is 28.4. The van der Waals surface area contributed by atoms with Gasteiger partial charge >= 0.3 is 24.1 Å². The van der Waals surface area contributed by atoms with E-state index in [2.05, 4.69) is 0 Å². The van der Waals surface area contributed by atoms with Crippen LogP contribution in [0.15, 0.2) is 48.5 Å². The molecular formula is C34H45F3N6O7. The third-order valence-electron chi connectivity index (χ3n) is 8.02. The van der Waals surface area contributed by atoms with E-state index in [4.69, 9.17) is 15.2 Å². The molecule has 2 aromatic rings. The maximum absolute atomic E-state index is 12.5. The lowest BCUT2D eigenvalue weighted by molar-refractivity contribution is -0.173. The van der Waals surface area contributed by atoms with E-state index in [1.807, 2.05) is 30.9 Å². The minimum absolute atomic E-state index is 0.00987. The van der Waals surface area contributed by atoms with Gasteiger partial charge in [0.1, 0.15) is 0 Å². The van der Waals surface area contributed by atoms with Crippen LogP contribution in [0.2, 0.25) is 0 Å². The Morgan fingerprint density at radius 1 is 0.700 bits per heavy atom. The number of nitrogens with one attached hydrogen (secondary N) is 1. The van der Waals surface area contributed by atoms with E-state index in [1.54, 1.807) is 44.3 Å². The van der Waals surface area contributed by atoms with Gasteiger partial charge in [0, 0.05) is 63.5 Å². The maximum Gasteiger partial charge on any atom is 0.471 e. The van der Waals surface area contributed by atoms with E-state index in [0.29, 0.717) is 84.3 Å². The van der Waals surface area contributed by atoms with Crippen molar-refractivity contribution in [3.05, 3.63) is 70.8 Å². The molecule has 2 aliphatic heterocycles. The van der Waals surface area contributed by atoms with E-state index in [9.17, 15) is 37.1 Å². The summed E-state index contributed by atoms with van der Waals surface area (Å²) >= 11 is 0. The van der Waals surface area contributed by atoms with Gasteiger partial charge in [0.25, 0.3) is 0 Å². The fourth-order valence-corrected chi connectivity index (χ4v) is 5.05. The normalized spacial score (nSPS) is 14.6. The smallest absolute Gasteiger partial charge is 0.378 e. The topological polar surface area (TPSA) is 155 Å². The fourth-order valence-electron chi connectivity index (χ4n) is 5.05. The SMILES string of the molecule is CCN(Cc1ccc(C(=O)CN)cc1)C(=O)N1CCOCC1.CCN(Cc1ccc(C(=O)CNC(=O)C(F)(F)F)cc1)C(=O)N1CCOCC1. The van der Waals surface area contributed by atoms with Gasteiger partial charge in [-0.2, -0.15) is 13.2 Å². The number of nitrogens with two attached hydrogens (primary N) is 1. The summed E-state index contributed by atoms with van der Waals surface area (Å²) in [6, 6.07) is 13.4. The number of Topliss-reactive ketones (excluding diaryl/α,β-unsaturated/α-hetero) is 2. The number of hydrogen-bond donors (Lipinski definition) is 2. The Labute approximate surface area is 289 Å². The van der Waals surface area contributed by atoms with Crippen molar-refractivity contribution < 1.29 is 46.6 Å². The zero-order valence-electron chi connectivity index (χ0n) is 28.4. The van der Waals surface area contributed by atoms with Crippen molar-refractivity contribution in [2.45, 2.75) is 33.1 Å². The van der Waals surface area contributed by atoms with Crippen LogP contribution >= 0.6 is 0 Å². The molecule has 2 fully saturated rings. The first-order valence-electron chi connectivity index (χ1n) is 16.4. The molecular weight excluding hydrogens is 661 g/mol. The number of ether oxygens (including phenoxy) is 2. The third kappa shape index (κ3) is 12.1. The van der Waals surface area contributed by atoms with Crippen molar-refractivity contribution in [1.82, 2.24) is 24.9 Å². The van der Waals surface area contributed by atoms with E-state index >= 15 is 0 Å². The summed E-state index contributed by atoms with van der Waals surface area (Å²) in [6.07, 6.45) is -5.03. The highest BCUT2D eigenvalue weighted by Crippen LogP contribution is 2.15.